The molecule has 1 amide bonds. The van der Waals surface area contributed by atoms with E-state index in [1.54, 1.807) is 12.1 Å². The zero-order chi connectivity index (χ0) is 12.5. The van der Waals surface area contributed by atoms with Gasteiger partial charge >= 0.3 is 0 Å². The Morgan fingerprint density at radius 3 is 2.53 bits per heavy atom. The van der Waals surface area contributed by atoms with Crippen molar-refractivity contribution in [3.05, 3.63) is 35.6 Å². The van der Waals surface area contributed by atoms with Crippen LogP contribution < -0.4 is 5.32 Å². The summed E-state index contributed by atoms with van der Waals surface area (Å²) in [5.74, 6) is 0.0551. The summed E-state index contributed by atoms with van der Waals surface area (Å²) in [5, 5.41) is 3.11. The molecule has 0 bridgehead atoms. The molecule has 0 atom stereocenters. The Balaban J connectivity index is 0.00000133. The fourth-order valence-electron chi connectivity index (χ4n) is 2.28. The maximum absolute atomic E-state index is 13.6. The van der Waals surface area contributed by atoms with Gasteiger partial charge in [-0.15, -0.1) is 12.4 Å². The van der Waals surface area contributed by atoms with Gasteiger partial charge < -0.3 is 10.2 Å². The van der Waals surface area contributed by atoms with Crippen LogP contribution in [-0.4, -0.2) is 29.9 Å². The molecule has 3 rings (SSSR count). The van der Waals surface area contributed by atoms with Crippen molar-refractivity contribution < 1.29 is 9.18 Å². The number of nitrogens with one attached hydrogen (secondary N) is 1. The van der Waals surface area contributed by atoms with Crippen LogP contribution in [0.3, 0.4) is 0 Å². The average Bonchev–Trinajstić information content (AvgIpc) is 3.09. The Hall–Kier alpha value is -1.13. The minimum atomic E-state index is -0.220. The molecule has 1 saturated carbocycles. The maximum Gasteiger partial charge on any atom is 0.228 e. The van der Waals surface area contributed by atoms with E-state index in [-0.39, 0.29) is 30.0 Å². The van der Waals surface area contributed by atoms with Crippen molar-refractivity contribution in [2.45, 2.75) is 25.4 Å². The highest BCUT2D eigenvalue weighted by Crippen LogP contribution is 2.30. The Labute approximate surface area is 118 Å². The lowest BCUT2D eigenvalue weighted by atomic mass is 10.0. The second-order valence-electron chi connectivity index (χ2n) is 5.14. The van der Waals surface area contributed by atoms with Crippen LogP contribution in [0.25, 0.3) is 0 Å². The molecule has 0 aromatic heterocycles. The van der Waals surface area contributed by atoms with Crippen LogP contribution in [0.5, 0.6) is 0 Å². The first-order valence-electron chi connectivity index (χ1n) is 6.50. The fraction of sp³-hybridized carbons (Fsp3) is 0.500. The predicted molar refractivity (Wildman–Crippen MR) is 73.6 cm³/mol. The number of carbonyl (C=O) groups is 1. The topological polar surface area (TPSA) is 32.3 Å². The number of amides is 1. The van der Waals surface area contributed by atoms with Gasteiger partial charge in [0, 0.05) is 31.2 Å². The number of halogens is 2. The smallest absolute Gasteiger partial charge is 0.228 e. The number of rotatable bonds is 4. The molecule has 1 heterocycles. The summed E-state index contributed by atoms with van der Waals surface area (Å²) in [5.41, 5.74) is 0.616. The molecule has 2 fully saturated rings. The summed E-state index contributed by atoms with van der Waals surface area (Å²) in [4.78, 5) is 14.2. The molecule has 2 aliphatic rings. The van der Waals surface area contributed by atoms with E-state index in [4.69, 9.17) is 0 Å². The minimum Gasteiger partial charge on any atom is -0.335 e. The SMILES string of the molecule is Cl.O=C(C1CNC1)N(Cc1ccccc1F)C1CC1. The average molecular weight is 285 g/mol. The molecule has 1 aliphatic carbocycles. The van der Waals surface area contributed by atoms with Gasteiger partial charge in [0.25, 0.3) is 0 Å². The van der Waals surface area contributed by atoms with E-state index in [2.05, 4.69) is 5.32 Å². The summed E-state index contributed by atoms with van der Waals surface area (Å²) < 4.78 is 13.6. The Morgan fingerprint density at radius 2 is 2.00 bits per heavy atom. The first-order chi connectivity index (χ1) is 8.75. The third-order valence-electron chi connectivity index (χ3n) is 3.70. The van der Waals surface area contributed by atoms with Gasteiger partial charge in [-0.05, 0) is 18.9 Å². The summed E-state index contributed by atoms with van der Waals surface area (Å²) in [7, 11) is 0. The van der Waals surface area contributed by atoms with E-state index in [0.717, 1.165) is 25.9 Å². The van der Waals surface area contributed by atoms with Crippen molar-refractivity contribution in [2.24, 2.45) is 5.92 Å². The highest BCUT2D eigenvalue weighted by molar-refractivity contribution is 5.85. The molecule has 1 aliphatic heterocycles. The number of nitrogens with zero attached hydrogens (tertiary/aromatic N) is 1. The summed E-state index contributed by atoms with van der Waals surface area (Å²) >= 11 is 0. The van der Waals surface area contributed by atoms with Gasteiger partial charge in [-0.25, -0.2) is 4.39 Å². The fourth-order valence-corrected chi connectivity index (χ4v) is 2.28. The van der Waals surface area contributed by atoms with Gasteiger partial charge in [0.05, 0.1) is 5.92 Å². The van der Waals surface area contributed by atoms with Crippen molar-refractivity contribution in [1.29, 1.82) is 0 Å². The molecule has 1 N–H and O–H groups in total. The molecular formula is C14H18ClFN2O. The lowest BCUT2D eigenvalue weighted by molar-refractivity contribution is -0.138. The van der Waals surface area contributed by atoms with Crippen molar-refractivity contribution in [3.8, 4) is 0 Å². The second-order valence-corrected chi connectivity index (χ2v) is 5.14. The molecule has 104 valence electrons. The Morgan fingerprint density at radius 1 is 1.32 bits per heavy atom. The zero-order valence-electron chi connectivity index (χ0n) is 10.6. The van der Waals surface area contributed by atoms with Gasteiger partial charge in [0.1, 0.15) is 5.82 Å². The van der Waals surface area contributed by atoms with Crippen LogP contribution in [-0.2, 0) is 11.3 Å². The second kappa shape index (κ2) is 5.88. The zero-order valence-corrected chi connectivity index (χ0v) is 11.5. The van der Waals surface area contributed by atoms with E-state index in [1.807, 2.05) is 11.0 Å². The molecule has 19 heavy (non-hydrogen) atoms. The first-order valence-corrected chi connectivity index (χ1v) is 6.50. The quantitative estimate of drug-likeness (QED) is 0.917. The normalized spacial score (nSPS) is 18.4. The summed E-state index contributed by atoms with van der Waals surface area (Å²) in [6.45, 7) is 1.94. The third-order valence-corrected chi connectivity index (χ3v) is 3.70. The van der Waals surface area contributed by atoms with Crippen molar-refractivity contribution in [3.63, 3.8) is 0 Å². The third kappa shape index (κ3) is 3.07. The highest BCUT2D eigenvalue weighted by atomic mass is 35.5. The van der Waals surface area contributed by atoms with E-state index in [9.17, 15) is 9.18 Å². The van der Waals surface area contributed by atoms with Crippen molar-refractivity contribution in [2.75, 3.05) is 13.1 Å². The van der Waals surface area contributed by atoms with E-state index in [1.165, 1.54) is 6.07 Å². The highest BCUT2D eigenvalue weighted by Gasteiger charge is 2.37. The summed E-state index contributed by atoms with van der Waals surface area (Å²) in [6.07, 6.45) is 2.11. The molecule has 3 nitrogen and oxygen atoms in total. The molecule has 5 heteroatoms. The molecule has 1 aromatic rings. The Bertz CT molecular complexity index is 461. The molecular weight excluding hydrogens is 267 g/mol. The minimum absolute atomic E-state index is 0. The molecule has 0 spiro atoms. The predicted octanol–water partition coefficient (Wildman–Crippen LogP) is 1.96. The standard InChI is InChI=1S/C14H17FN2O.ClH/c15-13-4-2-1-3-10(13)9-17(12-5-6-12)14(18)11-7-16-8-11;/h1-4,11-12,16H,5-9H2;1H. The van der Waals surface area contributed by atoms with E-state index < -0.39 is 0 Å². The molecule has 0 unspecified atom stereocenters. The van der Waals surface area contributed by atoms with Crippen LogP contribution in [0, 0.1) is 11.7 Å². The Kier molecular flexibility index (Phi) is 4.42. The van der Waals surface area contributed by atoms with Gasteiger partial charge in [-0.2, -0.15) is 0 Å². The van der Waals surface area contributed by atoms with E-state index in [0.29, 0.717) is 18.2 Å². The number of carbonyl (C=O) groups excluding carboxylic acids is 1. The molecule has 1 aromatic carbocycles. The van der Waals surface area contributed by atoms with Crippen LogP contribution in [0.1, 0.15) is 18.4 Å². The lowest BCUT2D eigenvalue weighted by Crippen LogP contribution is -2.52. The van der Waals surface area contributed by atoms with Crippen LogP contribution >= 0.6 is 12.4 Å². The maximum atomic E-state index is 13.6. The van der Waals surface area contributed by atoms with Crippen LogP contribution in [0.2, 0.25) is 0 Å². The van der Waals surface area contributed by atoms with Crippen molar-refractivity contribution in [1.82, 2.24) is 10.2 Å². The number of benzene rings is 1. The first kappa shape index (κ1) is 14.3. The largest absolute Gasteiger partial charge is 0.335 e. The van der Waals surface area contributed by atoms with Gasteiger partial charge in [0.2, 0.25) is 5.91 Å². The van der Waals surface area contributed by atoms with Crippen LogP contribution in [0.4, 0.5) is 4.39 Å². The molecule has 0 radical (unpaired) electrons. The van der Waals surface area contributed by atoms with Gasteiger partial charge in [0.15, 0.2) is 0 Å². The monoisotopic (exact) mass is 284 g/mol. The lowest BCUT2D eigenvalue weighted by Gasteiger charge is -2.32. The number of hydrogen-bond acceptors (Lipinski definition) is 2. The van der Waals surface area contributed by atoms with Gasteiger partial charge in [-0.1, -0.05) is 18.2 Å². The van der Waals surface area contributed by atoms with Crippen LogP contribution in [0.15, 0.2) is 24.3 Å². The van der Waals surface area contributed by atoms with E-state index >= 15 is 0 Å². The molecule has 1 saturated heterocycles. The van der Waals surface area contributed by atoms with Crippen molar-refractivity contribution >= 4 is 18.3 Å². The summed E-state index contributed by atoms with van der Waals surface area (Å²) in [6, 6.07) is 7.04. The number of hydrogen-bond donors (Lipinski definition) is 1. The van der Waals surface area contributed by atoms with Gasteiger partial charge in [-0.3, -0.25) is 4.79 Å².